The van der Waals surface area contributed by atoms with Crippen LogP contribution in [0.25, 0.3) is 94.2 Å². The van der Waals surface area contributed by atoms with Gasteiger partial charge in [0.25, 0.3) is 6.33 Å². The Kier molecular flexibility index (Phi) is 6.12. The number of ether oxygens (including phenoxy) is 1. The van der Waals surface area contributed by atoms with E-state index >= 15 is 0 Å². The van der Waals surface area contributed by atoms with Gasteiger partial charge in [-0.25, -0.2) is 4.98 Å². The molecule has 6 nitrogen and oxygen atoms in total. The maximum Gasteiger partial charge on any atom is 0.269 e. The monoisotopic (exact) mass is 793 g/mol. The first-order valence-corrected chi connectivity index (χ1v) is 19.7. The molecule has 61 heavy (non-hydrogen) atoms. The fourth-order valence-corrected chi connectivity index (χ4v) is 8.45. The zero-order valence-corrected chi connectivity index (χ0v) is 32.5. The second-order valence-electron chi connectivity index (χ2n) is 14.7. The van der Waals surface area contributed by atoms with E-state index in [4.69, 9.17) is 25.1 Å². The van der Waals surface area contributed by atoms with Crippen molar-refractivity contribution in [3.05, 3.63) is 212 Å². The molecule has 288 valence electrons. The van der Waals surface area contributed by atoms with Gasteiger partial charge in [-0.05, 0) is 77.7 Å². The summed E-state index contributed by atoms with van der Waals surface area (Å²) in [6.45, 7) is 1.56. The normalized spacial score (nSPS) is 13.8. The number of pyridine rings is 1. The predicted molar refractivity (Wildman–Crippen MR) is 245 cm³/mol. The van der Waals surface area contributed by atoms with Crippen LogP contribution in [0.2, 0.25) is 0 Å². The van der Waals surface area contributed by atoms with Crippen LogP contribution in [0.3, 0.4) is 0 Å². The largest absolute Gasteiger partial charge is 0.458 e. The third-order valence-electron chi connectivity index (χ3n) is 11.0. The maximum absolute atomic E-state index is 9.20. The van der Waals surface area contributed by atoms with Gasteiger partial charge in [0.1, 0.15) is 28.5 Å². The minimum atomic E-state index is -0.545. The first-order valence-electron chi connectivity index (χ1n) is 24.2. The maximum atomic E-state index is 9.20. The van der Waals surface area contributed by atoms with Crippen LogP contribution in [0.5, 0.6) is 11.5 Å². The van der Waals surface area contributed by atoms with Crippen molar-refractivity contribution in [1.29, 1.82) is 0 Å². The average molecular weight is 794 g/mol. The van der Waals surface area contributed by atoms with Gasteiger partial charge in [-0.1, -0.05) is 145 Å². The highest BCUT2D eigenvalue weighted by Gasteiger charge is 2.22. The van der Waals surface area contributed by atoms with Crippen molar-refractivity contribution in [3.63, 3.8) is 0 Å². The molecule has 0 fully saturated rings. The second kappa shape index (κ2) is 14.0. The summed E-state index contributed by atoms with van der Waals surface area (Å²) in [6.07, 6.45) is 5.24. The predicted octanol–water partition coefficient (Wildman–Crippen LogP) is 13.5. The van der Waals surface area contributed by atoms with Crippen molar-refractivity contribution in [1.82, 2.24) is 14.1 Å². The third-order valence-corrected chi connectivity index (χ3v) is 11.0. The highest BCUT2D eigenvalue weighted by molar-refractivity contribution is 6.13. The van der Waals surface area contributed by atoms with Crippen molar-refractivity contribution in [2.24, 2.45) is 0 Å². The molecule has 4 heterocycles. The molecule has 0 aliphatic rings. The first-order chi connectivity index (χ1) is 33.9. The molecule has 0 saturated heterocycles. The van der Waals surface area contributed by atoms with Crippen LogP contribution in [-0.2, 0) is 0 Å². The SMILES string of the molecule is [2H]c1c([2H])c([2H])c(-c2cccc(-c3c([2H])c([2H])c([2H])c(C)c3[2H])c2-[n+]2[c-]n(-c3cccc(Oc4ccc5c6ccccc6n(-c6nccc7oc8ccccc8c67)c5c4)c3)c3ccccc32)c([2H])c1[2H]. The highest BCUT2D eigenvalue weighted by Crippen LogP contribution is 2.40. The lowest BCUT2D eigenvalue weighted by Crippen LogP contribution is -2.31. The van der Waals surface area contributed by atoms with E-state index in [1.807, 2.05) is 108 Å². The van der Waals surface area contributed by atoms with Crippen LogP contribution < -0.4 is 9.30 Å². The van der Waals surface area contributed by atoms with Crippen molar-refractivity contribution in [2.75, 3.05) is 0 Å². The van der Waals surface area contributed by atoms with Crippen molar-refractivity contribution < 1.29 is 26.1 Å². The van der Waals surface area contributed by atoms with E-state index in [0.717, 1.165) is 49.6 Å². The highest BCUT2D eigenvalue weighted by atomic mass is 16.5. The summed E-state index contributed by atoms with van der Waals surface area (Å²) < 4.78 is 97.7. The summed E-state index contributed by atoms with van der Waals surface area (Å²) >= 11 is 0. The molecule has 0 aliphatic carbocycles. The van der Waals surface area contributed by atoms with E-state index in [1.165, 1.54) is 0 Å². The Balaban J connectivity index is 1.03. The number of benzene rings is 8. The topological polar surface area (TPSA) is 49.0 Å². The molecule has 0 N–H and O–H groups in total. The fourth-order valence-electron chi connectivity index (χ4n) is 8.45. The Morgan fingerprint density at radius 1 is 0.623 bits per heavy atom. The van der Waals surface area contributed by atoms with Gasteiger partial charge in [-0.2, -0.15) is 0 Å². The van der Waals surface area contributed by atoms with Gasteiger partial charge < -0.3 is 9.15 Å². The van der Waals surface area contributed by atoms with Crippen LogP contribution >= 0.6 is 0 Å². The van der Waals surface area contributed by atoms with Crippen LogP contribution in [0, 0.1) is 13.3 Å². The van der Waals surface area contributed by atoms with E-state index in [9.17, 15) is 1.37 Å². The fraction of sp³-hybridized carbons (Fsp3) is 0.0182. The van der Waals surface area contributed by atoms with Gasteiger partial charge in [-0.3, -0.25) is 13.7 Å². The number of fused-ring (bicyclic) bond motifs is 7. The lowest BCUT2D eigenvalue weighted by molar-refractivity contribution is -0.571. The summed E-state index contributed by atoms with van der Waals surface area (Å²) in [5.74, 6) is 1.82. The van der Waals surface area contributed by atoms with Crippen molar-refractivity contribution in [2.45, 2.75) is 6.92 Å². The van der Waals surface area contributed by atoms with Gasteiger partial charge in [0.15, 0.2) is 0 Å². The molecule has 0 radical (unpaired) electrons. The number of nitrogens with zero attached hydrogens (tertiary/aromatic N) is 4. The van der Waals surface area contributed by atoms with Gasteiger partial charge in [0, 0.05) is 28.4 Å². The van der Waals surface area contributed by atoms with Gasteiger partial charge in [0.2, 0.25) is 0 Å². The Bertz CT molecular complexity index is 4050. The molecule has 6 heteroatoms. The molecule has 12 aromatic rings. The average Bonchev–Trinajstić information content (AvgIpc) is 4.06. The van der Waals surface area contributed by atoms with E-state index in [2.05, 4.69) is 29.1 Å². The van der Waals surface area contributed by atoms with Gasteiger partial charge >= 0.3 is 0 Å². The van der Waals surface area contributed by atoms with E-state index in [0.29, 0.717) is 28.2 Å². The Labute approximate surface area is 364 Å². The minimum Gasteiger partial charge on any atom is -0.458 e. The molecule has 0 atom stereocenters. The molecule has 4 aromatic heterocycles. The summed E-state index contributed by atoms with van der Waals surface area (Å²) in [5.41, 5.74) is 6.21. The smallest absolute Gasteiger partial charge is 0.269 e. The van der Waals surface area contributed by atoms with Crippen molar-refractivity contribution in [3.8, 4) is 50.9 Å². The molecule has 0 unspecified atom stereocenters. The van der Waals surface area contributed by atoms with Crippen LogP contribution in [0.4, 0.5) is 0 Å². The lowest BCUT2D eigenvalue weighted by Gasteiger charge is -2.17. The minimum absolute atomic E-state index is 0.0532. The van der Waals surface area contributed by atoms with Gasteiger partial charge in [-0.15, -0.1) is 0 Å². The number of furan rings is 1. The summed E-state index contributed by atoms with van der Waals surface area (Å²) in [7, 11) is 0. The molecule has 12 rings (SSSR count). The van der Waals surface area contributed by atoms with E-state index in [-0.39, 0.29) is 57.7 Å². The Morgan fingerprint density at radius 3 is 2.26 bits per heavy atom. The summed E-state index contributed by atoms with van der Waals surface area (Å²) in [4.78, 5) is 4.94. The molecule has 8 aromatic carbocycles. The third kappa shape index (κ3) is 5.72. The molecule has 0 aliphatic heterocycles. The van der Waals surface area contributed by atoms with Crippen LogP contribution in [0.1, 0.15) is 17.9 Å². The summed E-state index contributed by atoms with van der Waals surface area (Å²) in [6, 6.07) is 40.4. The van der Waals surface area contributed by atoms with Crippen molar-refractivity contribution >= 4 is 54.8 Å². The zero-order chi connectivity index (χ0) is 48.3. The first kappa shape index (κ1) is 26.7. The molecular weight excluding hydrogens is 749 g/mol. The lowest BCUT2D eigenvalue weighted by atomic mass is 9.95. The molecule has 0 spiro atoms. The quantitative estimate of drug-likeness (QED) is 0.119. The number of rotatable bonds is 7. The number of hydrogen-bond donors (Lipinski definition) is 0. The number of aromatic nitrogens is 4. The molecule has 0 amide bonds. The van der Waals surface area contributed by atoms with Crippen LogP contribution in [-0.4, -0.2) is 14.1 Å². The number of hydrogen-bond acceptors (Lipinski definition) is 3. The summed E-state index contributed by atoms with van der Waals surface area (Å²) in [5, 5.41) is 3.93. The number of imidazole rings is 1. The number of para-hydroxylation sites is 5. The second-order valence-corrected chi connectivity index (χ2v) is 14.7. The zero-order valence-electron chi connectivity index (χ0n) is 41.5. The van der Waals surface area contributed by atoms with E-state index < -0.39 is 30.2 Å². The van der Waals surface area contributed by atoms with E-state index in [1.54, 1.807) is 35.9 Å². The molecule has 0 bridgehead atoms. The Hall–Kier alpha value is -8.22. The van der Waals surface area contributed by atoms with Gasteiger partial charge in [0.05, 0.1) is 51.2 Å². The standard InChI is InChI=1S/C55H36N4O2/c1-36-14-11-17-38(32-36)43-23-13-22-42(37-15-3-2-4-16-37)54(43)58-35-57(48-25-8-9-26-49(48)58)39-18-12-19-40(33-39)60-41-28-29-45-44-20-5-7-24-47(44)59(50(45)34-41)55-53-46-21-6-10-27-51(46)61-52(53)30-31-56-55/h2-34H,1H3/i2D,3D,4D,11D,14D,15D,16D,17D,32D. The molecule has 0 saturated carbocycles. The van der Waals surface area contributed by atoms with Crippen LogP contribution in [0.15, 0.2) is 205 Å². The Morgan fingerprint density at radius 2 is 1.36 bits per heavy atom. The molecular formula is C55H36N4O2.